The van der Waals surface area contributed by atoms with Gasteiger partial charge < -0.3 is 9.88 Å². The molecule has 2 aromatic heterocycles. The van der Waals surface area contributed by atoms with Gasteiger partial charge in [0, 0.05) is 36.2 Å². The molecule has 0 amide bonds. The smallest absolute Gasteiger partial charge is 0.189 e. The quantitative estimate of drug-likeness (QED) is 0.791. The van der Waals surface area contributed by atoms with Crippen LogP contribution in [0.5, 0.6) is 0 Å². The van der Waals surface area contributed by atoms with Gasteiger partial charge in [0.25, 0.3) is 0 Å². The van der Waals surface area contributed by atoms with Gasteiger partial charge in [-0.3, -0.25) is 4.79 Å². The summed E-state index contributed by atoms with van der Waals surface area (Å²) >= 11 is 1.33. The van der Waals surface area contributed by atoms with Crippen molar-refractivity contribution in [1.82, 2.24) is 14.2 Å². The summed E-state index contributed by atoms with van der Waals surface area (Å²) in [6, 6.07) is 9.16. The molecule has 96 valence electrons. The molecule has 1 N–H and O–H groups in total. The molecule has 0 aliphatic rings. The maximum absolute atomic E-state index is 11.8. The number of hydrogen-bond acceptors (Lipinski definition) is 5. The number of para-hydroxylation sites is 1. The van der Waals surface area contributed by atoms with E-state index >= 15 is 0 Å². The number of nitrogens with one attached hydrogen (secondary N) is 1. The van der Waals surface area contributed by atoms with Crippen molar-refractivity contribution in [1.29, 1.82) is 0 Å². The Morgan fingerprint density at radius 2 is 2.16 bits per heavy atom. The van der Waals surface area contributed by atoms with Crippen LogP contribution in [0.15, 0.2) is 41.3 Å². The number of rotatable bonds is 3. The number of aromatic nitrogens is 3. The Kier molecular flexibility index (Phi) is 3.00. The Balaban J connectivity index is 2.11. The Labute approximate surface area is 113 Å². The molecule has 0 aliphatic carbocycles. The van der Waals surface area contributed by atoms with E-state index < -0.39 is 0 Å². The first-order valence-corrected chi connectivity index (χ1v) is 6.64. The zero-order valence-electron chi connectivity index (χ0n) is 10.3. The van der Waals surface area contributed by atoms with E-state index in [4.69, 9.17) is 0 Å². The van der Waals surface area contributed by atoms with Crippen LogP contribution in [0.3, 0.4) is 0 Å². The molecule has 0 saturated carbocycles. The third-order valence-corrected chi connectivity index (χ3v) is 3.77. The van der Waals surface area contributed by atoms with Crippen molar-refractivity contribution in [2.75, 3.05) is 12.4 Å². The minimum atomic E-state index is 0.0390. The van der Waals surface area contributed by atoms with Crippen LogP contribution in [0.25, 0.3) is 10.9 Å². The second-order valence-electron chi connectivity index (χ2n) is 4.12. The second-order valence-corrected chi connectivity index (χ2v) is 4.88. The van der Waals surface area contributed by atoms with Crippen LogP contribution >= 0.6 is 11.5 Å². The van der Waals surface area contributed by atoms with Gasteiger partial charge in [0.15, 0.2) is 5.43 Å². The second kappa shape index (κ2) is 4.81. The summed E-state index contributed by atoms with van der Waals surface area (Å²) in [7, 11) is 1.85. The number of hydrogen-bond donors (Lipinski definition) is 1. The average Bonchev–Trinajstić information content (AvgIpc) is 2.89. The SMILES string of the molecule is CNc1snnc1Cn1ccc(=O)c2ccccc21. The van der Waals surface area contributed by atoms with Gasteiger partial charge in [0.05, 0.1) is 12.1 Å². The Morgan fingerprint density at radius 3 is 3.00 bits per heavy atom. The fourth-order valence-corrected chi connectivity index (χ4v) is 2.58. The number of anilines is 1. The lowest BCUT2D eigenvalue weighted by atomic mass is 10.2. The van der Waals surface area contributed by atoms with Gasteiger partial charge in [-0.15, -0.1) is 5.10 Å². The van der Waals surface area contributed by atoms with E-state index in [0.29, 0.717) is 6.54 Å². The van der Waals surface area contributed by atoms with Crippen molar-refractivity contribution in [2.45, 2.75) is 6.54 Å². The lowest BCUT2D eigenvalue weighted by Gasteiger charge is -2.09. The van der Waals surface area contributed by atoms with Crippen LogP contribution in [0, 0.1) is 0 Å². The van der Waals surface area contributed by atoms with E-state index in [1.807, 2.05) is 35.9 Å². The normalized spacial score (nSPS) is 10.8. The summed E-state index contributed by atoms with van der Waals surface area (Å²) in [5, 5.41) is 8.86. The van der Waals surface area contributed by atoms with Gasteiger partial charge in [0.2, 0.25) is 0 Å². The van der Waals surface area contributed by atoms with E-state index in [9.17, 15) is 4.79 Å². The number of pyridine rings is 1. The van der Waals surface area contributed by atoms with Crippen LogP contribution in [-0.2, 0) is 6.54 Å². The van der Waals surface area contributed by atoms with Gasteiger partial charge in [-0.05, 0) is 12.1 Å². The lowest BCUT2D eigenvalue weighted by Crippen LogP contribution is -2.09. The summed E-state index contributed by atoms with van der Waals surface area (Å²) in [5.41, 5.74) is 1.82. The third-order valence-electron chi connectivity index (χ3n) is 2.99. The molecule has 3 aromatic rings. The summed E-state index contributed by atoms with van der Waals surface area (Å²) < 4.78 is 5.95. The van der Waals surface area contributed by atoms with Gasteiger partial charge >= 0.3 is 0 Å². The molecule has 0 spiro atoms. The fourth-order valence-electron chi connectivity index (χ4n) is 2.06. The zero-order chi connectivity index (χ0) is 13.2. The zero-order valence-corrected chi connectivity index (χ0v) is 11.1. The van der Waals surface area contributed by atoms with Crippen LogP contribution in [-0.4, -0.2) is 21.2 Å². The summed E-state index contributed by atoms with van der Waals surface area (Å²) in [6.07, 6.45) is 1.80. The number of benzene rings is 1. The molecular weight excluding hydrogens is 260 g/mol. The van der Waals surface area contributed by atoms with Gasteiger partial charge in [-0.25, -0.2) is 0 Å². The van der Waals surface area contributed by atoms with Gasteiger partial charge in [-0.1, -0.05) is 16.6 Å². The van der Waals surface area contributed by atoms with E-state index in [-0.39, 0.29) is 5.43 Å². The van der Waals surface area contributed by atoms with Crippen molar-refractivity contribution >= 4 is 27.4 Å². The minimum Gasteiger partial charge on any atom is -0.377 e. The van der Waals surface area contributed by atoms with Crippen LogP contribution < -0.4 is 10.7 Å². The Bertz CT molecular complexity index is 777. The highest BCUT2D eigenvalue weighted by molar-refractivity contribution is 7.10. The fraction of sp³-hybridized carbons (Fsp3) is 0.154. The molecule has 0 aliphatic heterocycles. The largest absolute Gasteiger partial charge is 0.377 e. The molecule has 0 bridgehead atoms. The minimum absolute atomic E-state index is 0.0390. The van der Waals surface area contributed by atoms with Crippen molar-refractivity contribution < 1.29 is 0 Å². The lowest BCUT2D eigenvalue weighted by molar-refractivity contribution is 0.793. The van der Waals surface area contributed by atoms with Crippen LogP contribution in [0.1, 0.15) is 5.69 Å². The van der Waals surface area contributed by atoms with Gasteiger partial charge in [-0.2, -0.15) is 0 Å². The molecule has 2 heterocycles. The molecular formula is C13H12N4OS. The van der Waals surface area contributed by atoms with E-state index in [2.05, 4.69) is 14.9 Å². The van der Waals surface area contributed by atoms with Crippen LogP contribution in [0.2, 0.25) is 0 Å². The molecule has 1 aromatic carbocycles. The highest BCUT2D eigenvalue weighted by atomic mass is 32.1. The molecule has 3 rings (SSSR count). The highest BCUT2D eigenvalue weighted by Crippen LogP contribution is 2.19. The summed E-state index contributed by atoms with van der Waals surface area (Å²) in [5.74, 6) is 0. The topological polar surface area (TPSA) is 59.8 Å². The van der Waals surface area contributed by atoms with Crippen molar-refractivity contribution in [3.8, 4) is 0 Å². The molecule has 0 radical (unpaired) electrons. The Morgan fingerprint density at radius 1 is 1.32 bits per heavy atom. The predicted molar refractivity (Wildman–Crippen MR) is 76.8 cm³/mol. The van der Waals surface area contributed by atoms with E-state index in [1.54, 1.807) is 12.3 Å². The standard InChI is InChI=1S/C13H12N4OS/c1-14-13-10(15-16-19-13)8-17-7-6-12(18)9-4-2-3-5-11(9)17/h2-7,14H,8H2,1H3. The molecule has 0 saturated heterocycles. The molecule has 0 unspecified atom stereocenters. The third kappa shape index (κ3) is 2.10. The number of nitrogens with zero attached hydrogens (tertiary/aromatic N) is 3. The first kappa shape index (κ1) is 11.9. The van der Waals surface area contributed by atoms with Crippen LogP contribution in [0.4, 0.5) is 5.00 Å². The molecule has 6 heteroatoms. The van der Waals surface area contributed by atoms with Crippen molar-refractivity contribution in [2.24, 2.45) is 0 Å². The van der Waals surface area contributed by atoms with Gasteiger partial charge in [0.1, 0.15) is 10.7 Å². The maximum Gasteiger partial charge on any atom is 0.189 e. The predicted octanol–water partition coefficient (Wildman–Crippen LogP) is 1.94. The van der Waals surface area contributed by atoms with E-state index in [1.165, 1.54) is 11.5 Å². The van der Waals surface area contributed by atoms with Crippen molar-refractivity contribution in [3.05, 3.63) is 52.4 Å². The maximum atomic E-state index is 11.8. The molecule has 5 nitrogen and oxygen atoms in total. The molecule has 0 fully saturated rings. The first-order valence-electron chi connectivity index (χ1n) is 5.87. The molecule has 0 atom stereocenters. The summed E-state index contributed by atoms with van der Waals surface area (Å²) in [6.45, 7) is 0.591. The summed E-state index contributed by atoms with van der Waals surface area (Å²) in [4.78, 5) is 11.8. The Hall–Kier alpha value is -2.21. The monoisotopic (exact) mass is 272 g/mol. The average molecular weight is 272 g/mol. The number of fused-ring (bicyclic) bond motifs is 1. The van der Waals surface area contributed by atoms with E-state index in [0.717, 1.165) is 21.6 Å². The first-order chi connectivity index (χ1) is 9.29. The molecule has 19 heavy (non-hydrogen) atoms. The highest BCUT2D eigenvalue weighted by Gasteiger charge is 2.08. The van der Waals surface area contributed by atoms with Crippen molar-refractivity contribution in [3.63, 3.8) is 0 Å².